The minimum Gasteiger partial charge on any atom is -0.455 e. The van der Waals surface area contributed by atoms with Gasteiger partial charge in [-0.25, -0.2) is 18.1 Å². The Morgan fingerprint density at radius 3 is 2.42 bits per heavy atom. The van der Waals surface area contributed by atoms with E-state index in [1.807, 2.05) is 18.2 Å². The summed E-state index contributed by atoms with van der Waals surface area (Å²) in [6.45, 7) is 0. The van der Waals surface area contributed by atoms with Crippen LogP contribution in [0.1, 0.15) is 12.0 Å². The molecule has 2 aromatic carbocycles. The molecule has 2 heterocycles. The number of nitrogens with one attached hydrogen (secondary N) is 1. The van der Waals surface area contributed by atoms with Gasteiger partial charge < -0.3 is 10.1 Å². The summed E-state index contributed by atoms with van der Waals surface area (Å²) in [6, 6.07) is 13.6. The molecule has 0 radical (unpaired) electrons. The van der Waals surface area contributed by atoms with Crippen LogP contribution in [0.25, 0.3) is 0 Å². The van der Waals surface area contributed by atoms with E-state index >= 15 is 0 Å². The predicted molar refractivity (Wildman–Crippen MR) is 121 cm³/mol. The SMILES string of the molecule is O=C1NC2(CC2Cc2ccncc2Oc2ccccc2)C(=O)N1c1ccc(S(=O)(=O)C(F)(F)F)cc1. The Labute approximate surface area is 203 Å². The number of nitrogens with zero attached hydrogens (tertiary/aromatic N) is 2. The van der Waals surface area contributed by atoms with E-state index in [0.717, 1.165) is 34.7 Å². The zero-order valence-corrected chi connectivity index (χ0v) is 19.2. The molecule has 1 aliphatic carbocycles. The quantitative estimate of drug-likeness (QED) is 0.491. The Kier molecular flexibility index (Phi) is 5.51. The van der Waals surface area contributed by atoms with Crippen molar-refractivity contribution in [2.45, 2.75) is 28.8 Å². The van der Waals surface area contributed by atoms with Crippen LogP contribution in [0.3, 0.4) is 0 Å². The van der Waals surface area contributed by atoms with Crippen molar-refractivity contribution in [3.05, 3.63) is 78.6 Å². The number of anilines is 1. The van der Waals surface area contributed by atoms with Gasteiger partial charge in [0.05, 0.1) is 16.8 Å². The Balaban J connectivity index is 1.33. The molecule has 1 spiro atoms. The Morgan fingerprint density at radius 1 is 1.06 bits per heavy atom. The highest BCUT2D eigenvalue weighted by Gasteiger charge is 2.67. The highest BCUT2D eigenvalue weighted by Crippen LogP contribution is 2.51. The number of para-hydroxylation sites is 1. The largest absolute Gasteiger partial charge is 0.501 e. The molecule has 8 nitrogen and oxygen atoms in total. The lowest BCUT2D eigenvalue weighted by atomic mass is 10.1. The zero-order valence-electron chi connectivity index (χ0n) is 18.4. The van der Waals surface area contributed by atoms with E-state index in [2.05, 4.69) is 10.3 Å². The molecule has 2 atom stereocenters. The van der Waals surface area contributed by atoms with Crippen molar-refractivity contribution in [2.75, 3.05) is 4.90 Å². The number of sulfone groups is 1. The molecular weight excluding hydrogens is 499 g/mol. The minimum atomic E-state index is -5.55. The Morgan fingerprint density at radius 2 is 1.75 bits per heavy atom. The number of carbonyl (C=O) groups excluding carboxylic acids is 2. The van der Waals surface area contributed by atoms with Gasteiger partial charge in [0.1, 0.15) is 17.0 Å². The van der Waals surface area contributed by atoms with Crippen LogP contribution in [0.2, 0.25) is 0 Å². The third-order valence-corrected chi connectivity index (χ3v) is 7.74. The summed E-state index contributed by atoms with van der Waals surface area (Å²) in [7, 11) is -5.55. The molecule has 186 valence electrons. The normalized spacial score (nSPS) is 21.5. The van der Waals surface area contributed by atoms with Crippen molar-refractivity contribution in [1.29, 1.82) is 0 Å². The van der Waals surface area contributed by atoms with E-state index in [9.17, 15) is 31.2 Å². The molecule has 1 aliphatic heterocycles. The second-order valence-corrected chi connectivity index (χ2v) is 10.4. The number of benzene rings is 2. The summed E-state index contributed by atoms with van der Waals surface area (Å²) in [6.07, 6.45) is 3.93. The molecule has 1 N–H and O–H groups in total. The Bertz CT molecular complexity index is 1450. The standard InChI is InChI=1S/C24H18F3N3O5S/c25-24(26,27)36(33,34)19-8-6-17(7-9-19)30-21(31)23(29-22(30)32)13-16(23)12-15-10-11-28-14-20(15)35-18-4-2-1-3-5-18/h1-11,14,16H,12-13H2,(H,29,32). The molecule has 5 rings (SSSR count). The first-order chi connectivity index (χ1) is 17.0. The average molecular weight is 517 g/mol. The van der Waals surface area contributed by atoms with Gasteiger partial charge in [0.2, 0.25) is 0 Å². The third kappa shape index (κ3) is 3.96. The van der Waals surface area contributed by atoms with Gasteiger partial charge in [-0.1, -0.05) is 18.2 Å². The van der Waals surface area contributed by atoms with Crippen LogP contribution < -0.4 is 15.0 Å². The minimum absolute atomic E-state index is 0.0295. The maximum absolute atomic E-state index is 13.2. The number of aromatic nitrogens is 1. The van der Waals surface area contributed by atoms with Gasteiger partial charge in [0, 0.05) is 6.20 Å². The van der Waals surface area contributed by atoms with Gasteiger partial charge >= 0.3 is 11.5 Å². The van der Waals surface area contributed by atoms with Gasteiger partial charge in [-0.2, -0.15) is 13.2 Å². The summed E-state index contributed by atoms with van der Waals surface area (Å²) < 4.78 is 67.5. The second kappa shape index (κ2) is 8.33. The zero-order chi connectivity index (χ0) is 25.7. The van der Waals surface area contributed by atoms with E-state index in [1.54, 1.807) is 30.6 Å². The number of amides is 3. The molecular formula is C24H18F3N3O5S. The van der Waals surface area contributed by atoms with Crippen LogP contribution in [0.4, 0.5) is 23.7 Å². The fourth-order valence-corrected chi connectivity index (χ4v) is 5.04. The van der Waals surface area contributed by atoms with Crippen molar-refractivity contribution in [2.24, 2.45) is 5.92 Å². The lowest BCUT2D eigenvalue weighted by Gasteiger charge is -2.15. The molecule has 2 fully saturated rings. The number of pyridine rings is 1. The number of alkyl halides is 3. The van der Waals surface area contributed by atoms with Crippen LogP contribution in [0, 0.1) is 5.92 Å². The van der Waals surface area contributed by atoms with E-state index in [1.165, 1.54) is 0 Å². The summed E-state index contributed by atoms with van der Waals surface area (Å²) in [4.78, 5) is 29.8. The van der Waals surface area contributed by atoms with Crippen molar-refractivity contribution in [1.82, 2.24) is 10.3 Å². The van der Waals surface area contributed by atoms with Crippen molar-refractivity contribution >= 4 is 27.5 Å². The van der Waals surface area contributed by atoms with Crippen molar-refractivity contribution in [3.8, 4) is 11.5 Å². The smallest absolute Gasteiger partial charge is 0.455 e. The first-order valence-electron chi connectivity index (χ1n) is 10.8. The first-order valence-corrected chi connectivity index (χ1v) is 12.3. The van der Waals surface area contributed by atoms with Crippen molar-refractivity contribution in [3.63, 3.8) is 0 Å². The molecule has 2 unspecified atom stereocenters. The number of rotatable bonds is 6. The summed E-state index contributed by atoms with van der Waals surface area (Å²) in [5.41, 5.74) is -5.85. The lowest BCUT2D eigenvalue weighted by Crippen LogP contribution is -2.35. The van der Waals surface area contributed by atoms with Gasteiger partial charge in [-0.15, -0.1) is 0 Å². The molecule has 2 aliphatic rings. The molecule has 3 amide bonds. The summed E-state index contributed by atoms with van der Waals surface area (Å²) in [5, 5.41) is 2.69. The number of imide groups is 1. The maximum atomic E-state index is 13.2. The van der Waals surface area contributed by atoms with E-state index in [0.29, 0.717) is 24.3 Å². The van der Waals surface area contributed by atoms with Crippen LogP contribution in [0.15, 0.2) is 78.0 Å². The summed E-state index contributed by atoms with van der Waals surface area (Å²) >= 11 is 0. The molecule has 3 aromatic rings. The fourth-order valence-electron chi connectivity index (χ4n) is 4.28. The maximum Gasteiger partial charge on any atom is 0.501 e. The molecule has 12 heteroatoms. The molecule has 1 aromatic heterocycles. The molecule has 36 heavy (non-hydrogen) atoms. The third-order valence-electron chi connectivity index (χ3n) is 6.24. The first kappa shape index (κ1) is 23.8. The number of hydrogen-bond donors (Lipinski definition) is 1. The van der Waals surface area contributed by atoms with Gasteiger partial charge in [-0.3, -0.25) is 9.78 Å². The number of ether oxygens (including phenoxy) is 1. The Hall–Kier alpha value is -3.93. The highest BCUT2D eigenvalue weighted by molar-refractivity contribution is 7.92. The fraction of sp³-hybridized carbons (Fsp3) is 0.208. The number of urea groups is 1. The number of hydrogen-bond acceptors (Lipinski definition) is 6. The summed E-state index contributed by atoms with van der Waals surface area (Å²) in [5.74, 6) is 0.332. The number of halogens is 3. The molecule has 1 saturated heterocycles. The molecule has 1 saturated carbocycles. The van der Waals surface area contributed by atoms with Gasteiger partial charge in [0.25, 0.3) is 15.7 Å². The van der Waals surface area contributed by atoms with E-state index in [4.69, 9.17) is 4.74 Å². The highest BCUT2D eigenvalue weighted by atomic mass is 32.2. The van der Waals surface area contributed by atoms with Crippen LogP contribution in [-0.2, 0) is 21.1 Å². The monoisotopic (exact) mass is 517 g/mol. The van der Waals surface area contributed by atoms with Crippen LogP contribution >= 0.6 is 0 Å². The van der Waals surface area contributed by atoms with Crippen LogP contribution in [-0.4, -0.2) is 36.4 Å². The van der Waals surface area contributed by atoms with Crippen molar-refractivity contribution < 1.29 is 35.9 Å². The van der Waals surface area contributed by atoms with Gasteiger partial charge in [0.15, 0.2) is 0 Å². The van der Waals surface area contributed by atoms with E-state index in [-0.39, 0.29) is 11.6 Å². The van der Waals surface area contributed by atoms with Crippen LogP contribution in [0.5, 0.6) is 11.5 Å². The predicted octanol–water partition coefficient (Wildman–Crippen LogP) is 4.23. The molecule has 0 bridgehead atoms. The topological polar surface area (TPSA) is 106 Å². The van der Waals surface area contributed by atoms with Gasteiger partial charge in [-0.05, 0) is 66.8 Å². The second-order valence-electron chi connectivity index (χ2n) is 8.49. The van der Waals surface area contributed by atoms with E-state index < -0.39 is 37.7 Å². The average Bonchev–Trinajstić information content (AvgIpc) is 3.46. The number of carbonyl (C=O) groups is 2. The lowest BCUT2D eigenvalue weighted by molar-refractivity contribution is -0.119.